The quantitative estimate of drug-likeness (QED) is 0.694. The van der Waals surface area contributed by atoms with E-state index in [-0.39, 0.29) is 30.6 Å². The lowest BCUT2D eigenvalue weighted by molar-refractivity contribution is -0.132. The van der Waals surface area contributed by atoms with Gasteiger partial charge in [-0.1, -0.05) is 19.8 Å². The van der Waals surface area contributed by atoms with Gasteiger partial charge in [0.1, 0.15) is 6.04 Å². The van der Waals surface area contributed by atoms with Crippen molar-refractivity contribution in [3.63, 3.8) is 0 Å². The van der Waals surface area contributed by atoms with Gasteiger partial charge >= 0.3 is 6.03 Å². The summed E-state index contributed by atoms with van der Waals surface area (Å²) in [6.07, 6.45) is 4.06. The molecule has 0 radical (unpaired) electrons. The topological polar surface area (TPSA) is 95.7 Å². The first-order chi connectivity index (χ1) is 9.54. The Morgan fingerprint density at radius 2 is 2.15 bits per heavy atom. The maximum absolute atomic E-state index is 12.2. The number of nitrogens with zero attached hydrogens (tertiary/aromatic N) is 2. The standard InChI is InChI=1S/C13H22N4O3/c1-2-5-9-12(19)17(13(20)15-9)8-16-7-4-3-6-10(16)11(14)18/h9-10H,2-8H2,1H3,(H2,14,18)(H,15,20)/t9-,10-/m0/s1. The maximum Gasteiger partial charge on any atom is 0.325 e. The van der Waals surface area contributed by atoms with Gasteiger partial charge in [0.25, 0.3) is 5.91 Å². The molecule has 0 unspecified atom stereocenters. The lowest BCUT2D eigenvalue weighted by atomic mass is 10.0. The number of piperidine rings is 1. The molecule has 2 fully saturated rings. The number of hydrogen-bond donors (Lipinski definition) is 2. The third-order valence-corrected chi connectivity index (χ3v) is 3.95. The van der Waals surface area contributed by atoms with E-state index < -0.39 is 6.04 Å². The van der Waals surface area contributed by atoms with Gasteiger partial charge in [0.15, 0.2) is 0 Å². The summed E-state index contributed by atoms with van der Waals surface area (Å²) in [5, 5.41) is 2.68. The lowest BCUT2D eigenvalue weighted by Crippen LogP contribution is -2.53. The van der Waals surface area contributed by atoms with Crippen molar-refractivity contribution in [3.05, 3.63) is 0 Å². The Morgan fingerprint density at radius 1 is 1.40 bits per heavy atom. The van der Waals surface area contributed by atoms with E-state index in [0.29, 0.717) is 19.4 Å². The van der Waals surface area contributed by atoms with Crippen molar-refractivity contribution in [2.24, 2.45) is 5.73 Å². The molecule has 2 aliphatic rings. The molecule has 0 bridgehead atoms. The number of rotatable bonds is 5. The second kappa shape index (κ2) is 6.21. The number of carbonyl (C=O) groups is 3. The smallest absolute Gasteiger partial charge is 0.325 e. The Kier molecular flexibility index (Phi) is 4.59. The Morgan fingerprint density at radius 3 is 2.80 bits per heavy atom. The molecule has 0 saturated carbocycles. The predicted molar refractivity (Wildman–Crippen MR) is 72.5 cm³/mol. The number of hydrogen-bond acceptors (Lipinski definition) is 4. The second-order valence-electron chi connectivity index (χ2n) is 5.42. The highest BCUT2D eigenvalue weighted by Crippen LogP contribution is 2.19. The molecule has 2 aliphatic heterocycles. The SMILES string of the molecule is CCC[C@@H]1NC(=O)N(CN2CCCC[C@H]2C(N)=O)C1=O. The zero-order valence-corrected chi connectivity index (χ0v) is 11.8. The zero-order chi connectivity index (χ0) is 14.7. The molecule has 0 spiro atoms. The molecular formula is C13H22N4O3. The van der Waals surface area contributed by atoms with Gasteiger partial charge in [-0.3, -0.25) is 14.5 Å². The average molecular weight is 282 g/mol. The third kappa shape index (κ3) is 2.92. The van der Waals surface area contributed by atoms with Gasteiger partial charge in [-0.05, 0) is 19.3 Å². The van der Waals surface area contributed by atoms with Gasteiger partial charge in [0.05, 0.1) is 12.7 Å². The summed E-state index contributed by atoms with van der Waals surface area (Å²) < 4.78 is 0. The third-order valence-electron chi connectivity index (χ3n) is 3.95. The Bertz CT molecular complexity index is 412. The number of nitrogens with two attached hydrogens (primary N) is 1. The van der Waals surface area contributed by atoms with Crippen LogP contribution in [-0.4, -0.2) is 52.9 Å². The van der Waals surface area contributed by atoms with Crippen LogP contribution in [0.3, 0.4) is 0 Å². The van der Waals surface area contributed by atoms with Crippen LogP contribution < -0.4 is 11.1 Å². The number of likely N-dealkylation sites (tertiary alicyclic amines) is 1. The molecule has 2 atom stereocenters. The number of carbonyl (C=O) groups excluding carboxylic acids is 3. The first-order valence-electron chi connectivity index (χ1n) is 7.19. The summed E-state index contributed by atoms with van der Waals surface area (Å²) in [4.78, 5) is 38.5. The largest absolute Gasteiger partial charge is 0.368 e. The Hall–Kier alpha value is -1.63. The van der Waals surface area contributed by atoms with Gasteiger partial charge in [0, 0.05) is 6.54 Å². The summed E-state index contributed by atoms with van der Waals surface area (Å²) in [6.45, 7) is 2.80. The van der Waals surface area contributed by atoms with Crippen molar-refractivity contribution < 1.29 is 14.4 Å². The van der Waals surface area contributed by atoms with Crippen LogP contribution in [0.1, 0.15) is 39.0 Å². The van der Waals surface area contributed by atoms with Crippen molar-refractivity contribution in [3.8, 4) is 0 Å². The van der Waals surface area contributed by atoms with Crippen molar-refractivity contribution in [1.29, 1.82) is 0 Å². The van der Waals surface area contributed by atoms with Crippen molar-refractivity contribution >= 4 is 17.8 Å². The van der Waals surface area contributed by atoms with Crippen LogP contribution in [0.4, 0.5) is 4.79 Å². The summed E-state index contributed by atoms with van der Waals surface area (Å²) in [6, 6.07) is -1.18. The van der Waals surface area contributed by atoms with Gasteiger partial charge in [-0.25, -0.2) is 9.69 Å². The summed E-state index contributed by atoms with van der Waals surface area (Å²) in [5.41, 5.74) is 5.39. The molecule has 0 aliphatic carbocycles. The van der Waals surface area contributed by atoms with Crippen LogP contribution in [-0.2, 0) is 9.59 Å². The number of amides is 4. The molecule has 2 rings (SSSR count). The van der Waals surface area contributed by atoms with Crippen molar-refractivity contribution in [2.45, 2.75) is 51.1 Å². The number of imide groups is 1. The van der Waals surface area contributed by atoms with E-state index >= 15 is 0 Å². The summed E-state index contributed by atoms with van der Waals surface area (Å²) in [5.74, 6) is -0.590. The molecule has 7 heteroatoms. The van der Waals surface area contributed by atoms with Crippen LogP contribution in [0, 0.1) is 0 Å². The molecule has 0 aromatic carbocycles. The lowest BCUT2D eigenvalue weighted by Gasteiger charge is -2.35. The van der Waals surface area contributed by atoms with Crippen LogP contribution in [0.5, 0.6) is 0 Å². The minimum atomic E-state index is -0.427. The molecule has 3 N–H and O–H groups in total. The summed E-state index contributed by atoms with van der Waals surface area (Å²) >= 11 is 0. The predicted octanol–water partition coefficient (Wildman–Crippen LogP) is 0.00420. The fourth-order valence-electron chi connectivity index (χ4n) is 2.86. The van der Waals surface area contributed by atoms with Crippen LogP contribution in [0.25, 0.3) is 0 Å². The molecule has 2 saturated heterocycles. The van der Waals surface area contributed by atoms with Crippen LogP contribution in [0.15, 0.2) is 0 Å². The monoisotopic (exact) mass is 282 g/mol. The van der Waals surface area contributed by atoms with E-state index in [4.69, 9.17) is 5.73 Å². The van der Waals surface area contributed by atoms with Gasteiger partial charge in [-0.15, -0.1) is 0 Å². The minimum absolute atomic E-state index is 0.151. The molecular weight excluding hydrogens is 260 g/mol. The van der Waals surface area contributed by atoms with Gasteiger partial charge in [-0.2, -0.15) is 0 Å². The number of urea groups is 1. The maximum atomic E-state index is 12.2. The fraction of sp³-hybridized carbons (Fsp3) is 0.769. The molecule has 4 amide bonds. The highest BCUT2D eigenvalue weighted by Gasteiger charge is 2.39. The normalized spacial score (nSPS) is 27.8. The second-order valence-corrected chi connectivity index (χ2v) is 5.42. The van der Waals surface area contributed by atoms with Gasteiger partial charge < -0.3 is 11.1 Å². The van der Waals surface area contributed by atoms with E-state index in [2.05, 4.69) is 5.32 Å². The average Bonchev–Trinajstić information content (AvgIpc) is 2.67. The number of nitrogens with one attached hydrogen (secondary N) is 1. The highest BCUT2D eigenvalue weighted by atomic mass is 16.2. The molecule has 20 heavy (non-hydrogen) atoms. The minimum Gasteiger partial charge on any atom is -0.368 e. The molecule has 7 nitrogen and oxygen atoms in total. The Balaban J connectivity index is 2.02. The molecule has 2 heterocycles. The molecule has 112 valence electrons. The molecule has 0 aromatic rings. The van der Waals surface area contributed by atoms with E-state index in [1.54, 1.807) is 0 Å². The number of primary amides is 1. The summed E-state index contributed by atoms with van der Waals surface area (Å²) in [7, 11) is 0. The van der Waals surface area contributed by atoms with Gasteiger partial charge in [0.2, 0.25) is 5.91 Å². The fourth-order valence-corrected chi connectivity index (χ4v) is 2.86. The van der Waals surface area contributed by atoms with E-state index in [1.807, 2.05) is 11.8 Å². The zero-order valence-electron chi connectivity index (χ0n) is 11.8. The van der Waals surface area contributed by atoms with Crippen LogP contribution >= 0.6 is 0 Å². The first kappa shape index (κ1) is 14.8. The van der Waals surface area contributed by atoms with Crippen LogP contribution in [0.2, 0.25) is 0 Å². The highest BCUT2D eigenvalue weighted by molar-refractivity contribution is 6.04. The Labute approximate surface area is 118 Å². The van der Waals surface area contributed by atoms with Crippen molar-refractivity contribution in [1.82, 2.24) is 15.1 Å². The van der Waals surface area contributed by atoms with Crippen molar-refractivity contribution in [2.75, 3.05) is 13.2 Å². The first-order valence-corrected chi connectivity index (χ1v) is 7.19. The van der Waals surface area contributed by atoms with E-state index in [9.17, 15) is 14.4 Å². The molecule has 0 aromatic heterocycles. The van der Waals surface area contributed by atoms with E-state index in [0.717, 1.165) is 19.3 Å². The van der Waals surface area contributed by atoms with E-state index in [1.165, 1.54) is 4.90 Å².